The van der Waals surface area contributed by atoms with E-state index in [9.17, 15) is 9.59 Å². The van der Waals surface area contributed by atoms with E-state index >= 15 is 0 Å². The van der Waals surface area contributed by atoms with E-state index < -0.39 is 0 Å². The van der Waals surface area contributed by atoms with Crippen molar-refractivity contribution in [2.45, 2.75) is 52.1 Å². The largest absolute Gasteiger partial charge is 0.352 e. The number of carbonyl (C=O) groups excluding carboxylic acids is 2. The zero-order chi connectivity index (χ0) is 19.4. The maximum atomic E-state index is 13.1. The lowest BCUT2D eigenvalue weighted by atomic mass is 10.0. The highest BCUT2D eigenvalue weighted by atomic mass is 16.2. The van der Waals surface area contributed by atoms with Gasteiger partial charge >= 0.3 is 0 Å². The summed E-state index contributed by atoms with van der Waals surface area (Å²) in [6, 6.07) is 9.45. The summed E-state index contributed by atoms with van der Waals surface area (Å²) in [6.45, 7) is 6.07. The van der Waals surface area contributed by atoms with E-state index in [1.807, 2.05) is 49.1 Å². The molecule has 0 aliphatic carbocycles. The van der Waals surface area contributed by atoms with Crippen molar-refractivity contribution >= 4 is 11.8 Å². The molecule has 2 amide bonds. The Balaban J connectivity index is 1.87. The number of rotatable bonds is 6. The maximum absolute atomic E-state index is 13.1. The van der Waals surface area contributed by atoms with Gasteiger partial charge in [-0.3, -0.25) is 14.7 Å². The molecule has 2 atom stereocenters. The Kier molecular flexibility index (Phi) is 5.88. The molecule has 27 heavy (non-hydrogen) atoms. The number of hydrogen-bond acceptors (Lipinski definition) is 4. The normalized spacial score (nSPS) is 19.5. The average molecular weight is 369 g/mol. The fourth-order valence-electron chi connectivity index (χ4n) is 3.74. The predicted molar refractivity (Wildman–Crippen MR) is 103 cm³/mol. The molecule has 7 nitrogen and oxygen atoms in total. The first-order valence-electron chi connectivity index (χ1n) is 9.58. The van der Waals surface area contributed by atoms with Crippen LogP contribution in [0.3, 0.4) is 0 Å². The third-order valence-corrected chi connectivity index (χ3v) is 5.18. The standard InChI is InChI=1S/C20H27N5O2/c1-4-14(5-2)20(27)25-12-16(21-13(3)26)11-17(25)19-22-18(23-24-19)15-9-7-6-8-10-15/h6-10,14,16-17H,4-5,11-12H2,1-3H3,(H,21,26)(H,22,23,24). The molecule has 1 aliphatic heterocycles. The molecule has 0 radical (unpaired) electrons. The molecule has 1 aromatic heterocycles. The highest BCUT2D eigenvalue weighted by Crippen LogP contribution is 2.33. The lowest BCUT2D eigenvalue weighted by Crippen LogP contribution is -2.40. The Hall–Kier alpha value is -2.70. The monoisotopic (exact) mass is 369 g/mol. The van der Waals surface area contributed by atoms with Crippen LogP contribution < -0.4 is 5.32 Å². The number of hydrogen-bond donors (Lipinski definition) is 2. The number of aromatic amines is 1. The predicted octanol–water partition coefficient (Wildman–Crippen LogP) is 2.69. The van der Waals surface area contributed by atoms with Gasteiger partial charge in [-0.05, 0) is 19.3 Å². The SMILES string of the molecule is CCC(CC)C(=O)N1CC(NC(C)=O)CC1c1nc(-c2ccccc2)n[nH]1. The molecular weight excluding hydrogens is 342 g/mol. The fraction of sp³-hybridized carbons (Fsp3) is 0.500. The van der Waals surface area contributed by atoms with E-state index in [1.165, 1.54) is 6.92 Å². The van der Waals surface area contributed by atoms with Crippen LogP contribution in [0.15, 0.2) is 30.3 Å². The lowest BCUT2D eigenvalue weighted by molar-refractivity contribution is -0.137. The molecule has 1 saturated heterocycles. The van der Waals surface area contributed by atoms with Gasteiger partial charge in [0.1, 0.15) is 5.82 Å². The molecule has 2 N–H and O–H groups in total. The van der Waals surface area contributed by atoms with Crippen molar-refractivity contribution in [2.24, 2.45) is 5.92 Å². The first kappa shape index (κ1) is 19.1. The molecule has 2 heterocycles. The maximum Gasteiger partial charge on any atom is 0.226 e. The van der Waals surface area contributed by atoms with Gasteiger partial charge in [-0.2, -0.15) is 5.10 Å². The summed E-state index contributed by atoms with van der Waals surface area (Å²) in [7, 11) is 0. The Morgan fingerprint density at radius 1 is 1.26 bits per heavy atom. The van der Waals surface area contributed by atoms with Crippen molar-refractivity contribution in [1.82, 2.24) is 25.4 Å². The molecule has 1 aromatic carbocycles. The lowest BCUT2D eigenvalue weighted by Gasteiger charge is -2.26. The van der Waals surface area contributed by atoms with Gasteiger partial charge in [0.25, 0.3) is 0 Å². The summed E-state index contributed by atoms with van der Waals surface area (Å²) >= 11 is 0. The molecule has 3 rings (SSSR count). The molecule has 0 saturated carbocycles. The quantitative estimate of drug-likeness (QED) is 0.819. The summed E-state index contributed by atoms with van der Waals surface area (Å²) in [6.07, 6.45) is 2.24. The minimum atomic E-state index is -0.208. The summed E-state index contributed by atoms with van der Waals surface area (Å²) < 4.78 is 0. The Bertz CT molecular complexity index is 785. The van der Waals surface area contributed by atoms with Crippen LogP contribution in [0.1, 0.15) is 51.9 Å². The number of H-pyrrole nitrogens is 1. The summed E-state index contributed by atoms with van der Waals surface area (Å²) in [5.74, 6) is 1.30. The van der Waals surface area contributed by atoms with Crippen LogP contribution in [0.2, 0.25) is 0 Å². The molecule has 0 spiro atoms. The zero-order valence-electron chi connectivity index (χ0n) is 16.1. The topological polar surface area (TPSA) is 91.0 Å². The van der Waals surface area contributed by atoms with E-state index in [-0.39, 0.29) is 29.8 Å². The van der Waals surface area contributed by atoms with Crippen LogP contribution in [-0.2, 0) is 9.59 Å². The third kappa shape index (κ3) is 4.18. The van der Waals surface area contributed by atoms with Gasteiger partial charge in [-0.25, -0.2) is 4.98 Å². The van der Waals surface area contributed by atoms with Crippen LogP contribution in [0.4, 0.5) is 0 Å². The Morgan fingerprint density at radius 2 is 1.96 bits per heavy atom. The smallest absolute Gasteiger partial charge is 0.226 e. The molecule has 1 fully saturated rings. The summed E-state index contributed by atoms with van der Waals surface area (Å²) in [4.78, 5) is 31.1. The van der Waals surface area contributed by atoms with Gasteiger partial charge in [0.15, 0.2) is 5.82 Å². The Morgan fingerprint density at radius 3 is 2.59 bits per heavy atom. The van der Waals surface area contributed by atoms with Gasteiger partial charge in [0.05, 0.1) is 6.04 Å². The number of carbonyl (C=O) groups is 2. The van der Waals surface area contributed by atoms with Gasteiger partial charge in [0.2, 0.25) is 11.8 Å². The molecular formula is C20H27N5O2. The number of aromatic nitrogens is 3. The number of amides is 2. The average Bonchev–Trinajstić information content (AvgIpc) is 3.30. The van der Waals surface area contributed by atoms with Gasteiger partial charge in [0, 0.05) is 31.0 Å². The second-order valence-electron chi connectivity index (χ2n) is 7.06. The number of nitrogens with one attached hydrogen (secondary N) is 2. The van der Waals surface area contributed by atoms with Crippen molar-refractivity contribution in [3.63, 3.8) is 0 Å². The summed E-state index contributed by atoms with van der Waals surface area (Å²) in [5, 5.41) is 10.3. The van der Waals surface area contributed by atoms with Gasteiger partial charge in [-0.1, -0.05) is 44.2 Å². The fourth-order valence-corrected chi connectivity index (χ4v) is 3.74. The van der Waals surface area contributed by atoms with Crippen LogP contribution in [0.25, 0.3) is 11.4 Å². The van der Waals surface area contributed by atoms with Crippen molar-refractivity contribution in [3.05, 3.63) is 36.2 Å². The zero-order valence-corrected chi connectivity index (χ0v) is 16.1. The number of nitrogens with zero attached hydrogens (tertiary/aromatic N) is 3. The minimum Gasteiger partial charge on any atom is -0.352 e. The van der Waals surface area contributed by atoms with Gasteiger partial charge in [-0.15, -0.1) is 0 Å². The van der Waals surface area contributed by atoms with Crippen LogP contribution in [0, 0.1) is 5.92 Å². The second-order valence-corrected chi connectivity index (χ2v) is 7.06. The molecule has 7 heteroatoms. The van der Waals surface area contributed by atoms with E-state index in [2.05, 4.69) is 20.5 Å². The first-order valence-corrected chi connectivity index (χ1v) is 9.58. The van der Waals surface area contributed by atoms with Gasteiger partial charge < -0.3 is 10.2 Å². The number of likely N-dealkylation sites (tertiary alicyclic amines) is 1. The van der Waals surface area contributed by atoms with Crippen LogP contribution in [-0.4, -0.2) is 44.5 Å². The van der Waals surface area contributed by atoms with Crippen molar-refractivity contribution in [3.8, 4) is 11.4 Å². The van der Waals surface area contributed by atoms with Crippen molar-refractivity contribution < 1.29 is 9.59 Å². The molecule has 0 bridgehead atoms. The van der Waals surface area contributed by atoms with Crippen molar-refractivity contribution in [1.29, 1.82) is 0 Å². The van der Waals surface area contributed by atoms with Crippen molar-refractivity contribution in [2.75, 3.05) is 6.54 Å². The van der Waals surface area contributed by atoms with Crippen LogP contribution in [0.5, 0.6) is 0 Å². The minimum absolute atomic E-state index is 0.0138. The number of benzene rings is 1. The van der Waals surface area contributed by atoms with E-state index in [4.69, 9.17) is 0 Å². The first-order chi connectivity index (χ1) is 13.0. The summed E-state index contributed by atoms with van der Waals surface area (Å²) in [5.41, 5.74) is 0.925. The Labute approximate surface area is 159 Å². The third-order valence-electron chi connectivity index (χ3n) is 5.18. The second kappa shape index (κ2) is 8.33. The van der Waals surface area contributed by atoms with E-state index in [0.29, 0.717) is 24.6 Å². The van der Waals surface area contributed by atoms with E-state index in [0.717, 1.165) is 18.4 Å². The van der Waals surface area contributed by atoms with Crippen LogP contribution >= 0.6 is 0 Å². The highest BCUT2D eigenvalue weighted by Gasteiger charge is 2.40. The molecule has 2 unspecified atom stereocenters. The van der Waals surface area contributed by atoms with E-state index in [1.54, 1.807) is 0 Å². The molecule has 144 valence electrons. The molecule has 1 aliphatic rings. The molecule has 2 aromatic rings. The highest BCUT2D eigenvalue weighted by molar-refractivity contribution is 5.80.